The van der Waals surface area contributed by atoms with Crippen LogP contribution in [-0.2, 0) is 0 Å². The predicted octanol–water partition coefficient (Wildman–Crippen LogP) is 6.02. The molecule has 0 bridgehead atoms. The first-order chi connectivity index (χ1) is 15.8. The van der Waals surface area contributed by atoms with E-state index in [-0.39, 0.29) is 0 Å². The molecule has 0 saturated carbocycles. The Kier molecular flexibility index (Phi) is 3.49. The average molecular weight is 411 g/mol. The van der Waals surface area contributed by atoms with Crippen molar-refractivity contribution in [3.63, 3.8) is 0 Å². The van der Waals surface area contributed by atoms with Crippen molar-refractivity contribution in [3.8, 4) is 22.6 Å². The first kappa shape index (κ1) is 17.2. The van der Waals surface area contributed by atoms with Crippen molar-refractivity contribution in [2.75, 3.05) is 0 Å². The molecule has 5 heteroatoms. The van der Waals surface area contributed by atoms with E-state index in [0.717, 1.165) is 39.1 Å². The number of hydrogen-bond acceptors (Lipinski definition) is 3. The molecule has 0 radical (unpaired) electrons. The molecule has 2 aromatic carbocycles. The summed E-state index contributed by atoms with van der Waals surface area (Å²) in [5.74, 6) is 0. The second-order valence-electron chi connectivity index (χ2n) is 8.03. The number of aromatic nitrogens is 5. The number of rotatable bonds is 2. The zero-order valence-corrected chi connectivity index (χ0v) is 17.1. The van der Waals surface area contributed by atoms with Crippen LogP contribution in [0.1, 0.15) is 0 Å². The highest BCUT2D eigenvalue weighted by Crippen LogP contribution is 2.26. The van der Waals surface area contributed by atoms with Crippen molar-refractivity contribution < 1.29 is 0 Å². The Morgan fingerprint density at radius 2 is 1.06 bits per heavy atom. The van der Waals surface area contributed by atoms with E-state index >= 15 is 0 Å². The van der Waals surface area contributed by atoms with Crippen LogP contribution in [0, 0.1) is 0 Å². The van der Waals surface area contributed by atoms with Gasteiger partial charge in [-0.15, -0.1) is 0 Å². The second kappa shape index (κ2) is 6.49. The van der Waals surface area contributed by atoms with E-state index in [9.17, 15) is 0 Å². The van der Waals surface area contributed by atoms with Crippen LogP contribution in [0.2, 0.25) is 0 Å². The summed E-state index contributed by atoms with van der Waals surface area (Å²) >= 11 is 0. The minimum Gasteiger partial charge on any atom is -0.254 e. The first-order valence-corrected chi connectivity index (χ1v) is 10.5. The third-order valence-electron chi connectivity index (χ3n) is 5.97. The zero-order chi connectivity index (χ0) is 21.1. The van der Waals surface area contributed by atoms with Crippen molar-refractivity contribution in [1.29, 1.82) is 0 Å². The molecule has 0 saturated heterocycles. The van der Waals surface area contributed by atoms with Gasteiger partial charge in [-0.3, -0.25) is 4.98 Å². The lowest BCUT2D eigenvalue weighted by atomic mass is 10.1. The highest BCUT2D eigenvalue weighted by Gasteiger charge is 2.10. The maximum atomic E-state index is 4.76. The molecule has 0 N–H and O–H groups in total. The van der Waals surface area contributed by atoms with E-state index < -0.39 is 0 Å². The Bertz CT molecular complexity index is 1540. The quantitative estimate of drug-likeness (QED) is 0.350. The molecule has 32 heavy (non-hydrogen) atoms. The Balaban J connectivity index is 1.27. The Labute approximate surface area is 183 Å². The van der Waals surface area contributed by atoms with E-state index in [4.69, 9.17) is 15.2 Å². The Hall–Kier alpha value is -4.51. The van der Waals surface area contributed by atoms with Gasteiger partial charge in [0, 0.05) is 34.9 Å². The normalized spacial score (nSPS) is 11.8. The fourth-order valence-electron chi connectivity index (χ4n) is 4.31. The lowest BCUT2D eigenvalue weighted by Crippen LogP contribution is -1.90. The largest absolute Gasteiger partial charge is 0.254 e. The van der Waals surface area contributed by atoms with Crippen LogP contribution >= 0.6 is 0 Å². The van der Waals surface area contributed by atoms with Gasteiger partial charge in [-0.05, 0) is 47.2 Å². The molecule has 5 nitrogen and oxygen atoms in total. The fraction of sp³-hybridized carbons (Fsp3) is 0. The molecule has 0 amide bonds. The van der Waals surface area contributed by atoms with Crippen molar-refractivity contribution in [1.82, 2.24) is 24.2 Å². The molecule has 0 aliphatic carbocycles. The van der Waals surface area contributed by atoms with Crippen molar-refractivity contribution in [2.24, 2.45) is 0 Å². The highest BCUT2D eigenvalue weighted by molar-refractivity contribution is 5.87. The van der Waals surface area contributed by atoms with E-state index in [0.29, 0.717) is 0 Å². The maximum Gasteiger partial charge on any atom is 0.112 e. The monoisotopic (exact) mass is 411 g/mol. The number of nitrogens with zero attached hydrogens (tertiary/aromatic N) is 5. The average Bonchev–Trinajstić information content (AvgIpc) is 3.44. The topological polar surface area (TPSA) is 47.5 Å². The standard InChI is InChI=1S/C27H17N5/c1-3-7-21-16-31-23(11-18(21)5-1)13-26(29-31)20-9-10-25(28-15-20)27-14-24-12-19-6-2-4-8-22(19)17-32(24)30-27/h1-17H. The van der Waals surface area contributed by atoms with Gasteiger partial charge in [0.1, 0.15) is 5.69 Å². The van der Waals surface area contributed by atoms with Crippen LogP contribution < -0.4 is 0 Å². The molecule has 0 fully saturated rings. The SMILES string of the molecule is c1ccc2cn3nc(-c4ccc(-c5cc6cc7ccccc7cn6n5)nc4)cc3cc2c1. The summed E-state index contributed by atoms with van der Waals surface area (Å²) in [7, 11) is 0. The van der Waals surface area contributed by atoms with Gasteiger partial charge in [0.2, 0.25) is 0 Å². The van der Waals surface area contributed by atoms with Crippen LogP contribution in [0.3, 0.4) is 0 Å². The van der Waals surface area contributed by atoms with Gasteiger partial charge in [-0.2, -0.15) is 10.2 Å². The smallest absolute Gasteiger partial charge is 0.112 e. The first-order valence-electron chi connectivity index (χ1n) is 10.5. The van der Waals surface area contributed by atoms with E-state index in [1.165, 1.54) is 16.2 Å². The third kappa shape index (κ3) is 2.68. The maximum absolute atomic E-state index is 4.76. The van der Waals surface area contributed by atoms with Gasteiger partial charge in [-0.1, -0.05) is 48.5 Å². The number of fused-ring (bicyclic) bond motifs is 4. The molecule has 0 spiro atoms. The van der Waals surface area contributed by atoms with E-state index in [2.05, 4.69) is 79.1 Å². The summed E-state index contributed by atoms with van der Waals surface area (Å²) in [4.78, 5) is 4.69. The van der Waals surface area contributed by atoms with Crippen LogP contribution in [0.25, 0.3) is 55.2 Å². The lowest BCUT2D eigenvalue weighted by Gasteiger charge is -1.99. The molecule has 0 atom stereocenters. The van der Waals surface area contributed by atoms with Gasteiger partial charge in [0.25, 0.3) is 0 Å². The zero-order valence-electron chi connectivity index (χ0n) is 17.1. The summed E-state index contributed by atoms with van der Waals surface area (Å²) in [6, 6.07) is 29.2. The minimum atomic E-state index is 0.844. The van der Waals surface area contributed by atoms with Gasteiger partial charge in [0.05, 0.1) is 22.4 Å². The molecule has 5 aromatic heterocycles. The molecule has 7 rings (SSSR count). The van der Waals surface area contributed by atoms with Crippen molar-refractivity contribution >= 4 is 32.6 Å². The summed E-state index contributed by atoms with van der Waals surface area (Å²) in [6.07, 6.45) is 6.00. The second-order valence-corrected chi connectivity index (χ2v) is 8.03. The minimum absolute atomic E-state index is 0.844. The van der Waals surface area contributed by atoms with Gasteiger partial charge < -0.3 is 0 Å². The van der Waals surface area contributed by atoms with Crippen molar-refractivity contribution in [2.45, 2.75) is 0 Å². The summed E-state index contributed by atoms with van der Waals surface area (Å²) in [6.45, 7) is 0. The molecule has 0 aliphatic rings. The van der Waals surface area contributed by atoms with Crippen molar-refractivity contribution in [3.05, 3.63) is 104 Å². The highest BCUT2D eigenvalue weighted by atomic mass is 15.2. The van der Waals surface area contributed by atoms with Gasteiger partial charge in [0.15, 0.2) is 0 Å². The van der Waals surface area contributed by atoms with Gasteiger partial charge >= 0.3 is 0 Å². The number of hydrogen-bond donors (Lipinski definition) is 0. The molecular formula is C27H17N5. The number of pyridine rings is 3. The van der Waals surface area contributed by atoms with Gasteiger partial charge in [-0.25, -0.2) is 9.03 Å². The predicted molar refractivity (Wildman–Crippen MR) is 128 cm³/mol. The molecular weight excluding hydrogens is 394 g/mol. The molecule has 5 heterocycles. The number of benzene rings is 2. The summed E-state index contributed by atoms with van der Waals surface area (Å²) < 4.78 is 3.85. The van der Waals surface area contributed by atoms with Crippen LogP contribution in [-0.4, -0.2) is 24.2 Å². The third-order valence-corrected chi connectivity index (χ3v) is 5.97. The van der Waals surface area contributed by atoms with Crippen LogP contribution in [0.15, 0.2) is 104 Å². The fourth-order valence-corrected chi connectivity index (χ4v) is 4.31. The molecule has 7 aromatic rings. The van der Waals surface area contributed by atoms with E-state index in [1.54, 1.807) is 0 Å². The molecule has 0 unspecified atom stereocenters. The van der Waals surface area contributed by atoms with Crippen LogP contribution in [0.5, 0.6) is 0 Å². The Morgan fingerprint density at radius 3 is 1.66 bits per heavy atom. The molecule has 150 valence electrons. The lowest BCUT2D eigenvalue weighted by molar-refractivity contribution is 0.968. The van der Waals surface area contributed by atoms with Crippen LogP contribution in [0.4, 0.5) is 0 Å². The molecule has 0 aliphatic heterocycles. The Morgan fingerprint density at radius 1 is 0.500 bits per heavy atom. The van der Waals surface area contributed by atoms with E-state index in [1.807, 2.05) is 33.4 Å². The summed E-state index contributed by atoms with van der Waals surface area (Å²) in [5.41, 5.74) is 5.70. The summed E-state index contributed by atoms with van der Waals surface area (Å²) in [5, 5.41) is 14.2.